The molecule has 0 spiro atoms. The van der Waals surface area contributed by atoms with Crippen LogP contribution in [0.4, 0.5) is 0 Å². The molecule has 1 aliphatic heterocycles. The number of likely N-dealkylation sites (tertiary alicyclic amines) is 1. The van der Waals surface area contributed by atoms with Gasteiger partial charge in [0.15, 0.2) is 11.5 Å². The molecular weight excluding hydrogens is 356 g/mol. The van der Waals surface area contributed by atoms with Crippen LogP contribution >= 0.6 is 0 Å². The van der Waals surface area contributed by atoms with Gasteiger partial charge in [-0.05, 0) is 44.4 Å². The van der Waals surface area contributed by atoms with Crippen molar-refractivity contribution in [2.45, 2.75) is 32.7 Å². The largest absolute Gasteiger partial charge is 0.494 e. The molecule has 8 nitrogen and oxygen atoms in total. The van der Waals surface area contributed by atoms with Crippen LogP contribution in [0.5, 0.6) is 5.75 Å². The standard InChI is InChI=1S/C20H24N6O2/c1-4-28-16-9-7-15(8-10-16)17-6-5-12-25(17)20(27)19-14(2)26(23-21-19)18-11-13-24(3)22-18/h7-11,13,17H,4-6,12H2,1-3H3. The Labute approximate surface area is 163 Å². The van der Waals surface area contributed by atoms with Gasteiger partial charge in [-0.2, -0.15) is 9.78 Å². The Morgan fingerprint density at radius 1 is 1.25 bits per heavy atom. The van der Waals surface area contributed by atoms with Crippen LogP contribution in [0.3, 0.4) is 0 Å². The highest BCUT2D eigenvalue weighted by Gasteiger charge is 2.33. The first kappa shape index (κ1) is 18.2. The third-order valence-electron chi connectivity index (χ3n) is 5.10. The predicted octanol–water partition coefficient (Wildman–Crippen LogP) is 2.69. The number of rotatable bonds is 5. The fourth-order valence-electron chi connectivity index (χ4n) is 3.71. The molecule has 1 fully saturated rings. The van der Waals surface area contributed by atoms with Gasteiger partial charge in [0.05, 0.1) is 18.3 Å². The van der Waals surface area contributed by atoms with E-state index in [4.69, 9.17) is 4.74 Å². The molecule has 1 saturated heterocycles. The molecule has 4 rings (SSSR count). The average Bonchev–Trinajstić information content (AvgIpc) is 3.42. The molecule has 28 heavy (non-hydrogen) atoms. The second kappa shape index (κ2) is 7.46. The van der Waals surface area contributed by atoms with Crippen molar-refractivity contribution in [3.05, 3.63) is 53.5 Å². The minimum atomic E-state index is -0.0870. The molecule has 146 valence electrons. The van der Waals surface area contributed by atoms with Crippen molar-refractivity contribution < 1.29 is 9.53 Å². The maximum Gasteiger partial charge on any atom is 0.276 e. The van der Waals surface area contributed by atoms with Crippen LogP contribution in [0.2, 0.25) is 0 Å². The first-order chi connectivity index (χ1) is 13.6. The Balaban J connectivity index is 1.58. The van der Waals surface area contributed by atoms with Crippen LogP contribution in [0.1, 0.15) is 47.6 Å². The molecule has 1 aliphatic rings. The van der Waals surface area contributed by atoms with Crippen molar-refractivity contribution in [2.75, 3.05) is 13.2 Å². The molecule has 3 aromatic rings. The maximum atomic E-state index is 13.2. The van der Waals surface area contributed by atoms with Gasteiger partial charge in [0.2, 0.25) is 0 Å². The molecule has 0 radical (unpaired) electrons. The molecular formula is C20H24N6O2. The van der Waals surface area contributed by atoms with Gasteiger partial charge in [-0.15, -0.1) is 5.10 Å². The summed E-state index contributed by atoms with van der Waals surface area (Å²) in [5.74, 6) is 1.41. The summed E-state index contributed by atoms with van der Waals surface area (Å²) < 4.78 is 8.82. The number of ether oxygens (including phenoxy) is 1. The zero-order valence-electron chi connectivity index (χ0n) is 16.4. The summed E-state index contributed by atoms with van der Waals surface area (Å²) in [5, 5.41) is 12.7. The van der Waals surface area contributed by atoms with E-state index in [1.807, 2.05) is 62.3 Å². The van der Waals surface area contributed by atoms with Crippen molar-refractivity contribution in [3.63, 3.8) is 0 Å². The smallest absolute Gasteiger partial charge is 0.276 e. The van der Waals surface area contributed by atoms with E-state index in [1.165, 1.54) is 0 Å². The summed E-state index contributed by atoms with van der Waals surface area (Å²) in [6.07, 6.45) is 3.74. The van der Waals surface area contributed by atoms with Crippen LogP contribution < -0.4 is 4.74 Å². The Morgan fingerprint density at radius 3 is 2.71 bits per heavy atom. The van der Waals surface area contributed by atoms with E-state index in [2.05, 4.69) is 15.4 Å². The van der Waals surface area contributed by atoms with Crippen molar-refractivity contribution in [3.8, 4) is 11.6 Å². The molecule has 3 heterocycles. The summed E-state index contributed by atoms with van der Waals surface area (Å²) in [4.78, 5) is 15.1. The summed E-state index contributed by atoms with van der Waals surface area (Å²) in [6.45, 7) is 5.17. The van der Waals surface area contributed by atoms with E-state index in [0.29, 0.717) is 30.4 Å². The van der Waals surface area contributed by atoms with Gasteiger partial charge in [-0.1, -0.05) is 17.3 Å². The van der Waals surface area contributed by atoms with E-state index in [9.17, 15) is 4.79 Å². The maximum absolute atomic E-state index is 13.2. The Morgan fingerprint density at radius 2 is 2.04 bits per heavy atom. The second-order valence-corrected chi connectivity index (χ2v) is 6.94. The third kappa shape index (κ3) is 3.26. The minimum absolute atomic E-state index is 0.0441. The molecule has 8 heteroatoms. The van der Waals surface area contributed by atoms with Crippen LogP contribution in [0.15, 0.2) is 36.5 Å². The van der Waals surface area contributed by atoms with Crippen LogP contribution in [-0.4, -0.2) is 48.7 Å². The van der Waals surface area contributed by atoms with Crippen molar-refractivity contribution in [2.24, 2.45) is 7.05 Å². The lowest BCUT2D eigenvalue weighted by Gasteiger charge is -2.24. The van der Waals surface area contributed by atoms with E-state index >= 15 is 0 Å². The lowest BCUT2D eigenvalue weighted by molar-refractivity contribution is 0.0729. The number of aromatic nitrogens is 5. The monoisotopic (exact) mass is 380 g/mol. The Kier molecular flexibility index (Phi) is 4.85. The predicted molar refractivity (Wildman–Crippen MR) is 103 cm³/mol. The van der Waals surface area contributed by atoms with E-state index in [1.54, 1.807) is 9.36 Å². The van der Waals surface area contributed by atoms with Gasteiger partial charge in [0.1, 0.15) is 5.75 Å². The van der Waals surface area contributed by atoms with Crippen LogP contribution in [0.25, 0.3) is 5.82 Å². The topological polar surface area (TPSA) is 78.1 Å². The number of hydrogen-bond donors (Lipinski definition) is 0. The molecule has 1 atom stereocenters. The molecule has 0 saturated carbocycles. The zero-order valence-corrected chi connectivity index (χ0v) is 16.4. The summed E-state index contributed by atoms with van der Waals surface area (Å²) >= 11 is 0. The minimum Gasteiger partial charge on any atom is -0.494 e. The van der Waals surface area contributed by atoms with Crippen molar-refractivity contribution in [1.82, 2.24) is 29.7 Å². The molecule has 2 aromatic heterocycles. The lowest BCUT2D eigenvalue weighted by Crippen LogP contribution is -2.31. The fraction of sp³-hybridized carbons (Fsp3) is 0.400. The molecule has 0 aliphatic carbocycles. The highest BCUT2D eigenvalue weighted by atomic mass is 16.5. The number of benzene rings is 1. The number of carbonyl (C=O) groups is 1. The van der Waals surface area contributed by atoms with Crippen LogP contribution in [-0.2, 0) is 7.05 Å². The van der Waals surface area contributed by atoms with Crippen LogP contribution in [0, 0.1) is 6.92 Å². The van der Waals surface area contributed by atoms with Gasteiger partial charge < -0.3 is 9.64 Å². The number of amides is 1. The van der Waals surface area contributed by atoms with Gasteiger partial charge in [-0.25, -0.2) is 0 Å². The highest BCUT2D eigenvalue weighted by Crippen LogP contribution is 2.34. The molecule has 0 N–H and O–H groups in total. The second-order valence-electron chi connectivity index (χ2n) is 6.94. The number of carbonyl (C=O) groups excluding carboxylic acids is 1. The van der Waals surface area contributed by atoms with E-state index in [-0.39, 0.29) is 11.9 Å². The fourth-order valence-corrected chi connectivity index (χ4v) is 3.71. The SMILES string of the molecule is CCOc1ccc(C2CCCN2C(=O)c2nnn(-c3ccn(C)n3)c2C)cc1. The zero-order chi connectivity index (χ0) is 19.7. The molecule has 0 bridgehead atoms. The Bertz CT molecular complexity index is 975. The lowest BCUT2D eigenvalue weighted by atomic mass is 10.0. The van der Waals surface area contributed by atoms with Gasteiger partial charge in [0.25, 0.3) is 5.91 Å². The average molecular weight is 380 g/mol. The first-order valence-corrected chi connectivity index (χ1v) is 9.54. The van der Waals surface area contributed by atoms with Gasteiger partial charge >= 0.3 is 0 Å². The molecule has 1 unspecified atom stereocenters. The molecule has 1 amide bonds. The highest BCUT2D eigenvalue weighted by molar-refractivity contribution is 5.93. The van der Waals surface area contributed by atoms with E-state index < -0.39 is 0 Å². The van der Waals surface area contributed by atoms with E-state index in [0.717, 1.165) is 24.2 Å². The quantitative estimate of drug-likeness (QED) is 0.680. The number of hydrogen-bond acceptors (Lipinski definition) is 5. The van der Waals surface area contributed by atoms with Gasteiger partial charge in [-0.3, -0.25) is 9.48 Å². The number of nitrogens with zero attached hydrogens (tertiary/aromatic N) is 6. The van der Waals surface area contributed by atoms with Crippen molar-refractivity contribution in [1.29, 1.82) is 0 Å². The summed E-state index contributed by atoms with van der Waals surface area (Å²) in [5.41, 5.74) is 2.19. The van der Waals surface area contributed by atoms with Gasteiger partial charge in [0, 0.05) is 25.9 Å². The first-order valence-electron chi connectivity index (χ1n) is 9.54. The Hall–Kier alpha value is -3.16. The third-order valence-corrected chi connectivity index (χ3v) is 5.10. The normalized spacial score (nSPS) is 16.5. The summed E-state index contributed by atoms with van der Waals surface area (Å²) in [7, 11) is 1.84. The van der Waals surface area contributed by atoms with Crippen molar-refractivity contribution >= 4 is 5.91 Å². The number of aryl methyl sites for hydroxylation is 1. The molecule has 1 aromatic carbocycles. The summed E-state index contributed by atoms with van der Waals surface area (Å²) in [6, 6.07) is 9.89.